The van der Waals surface area contributed by atoms with Gasteiger partial charge in [0, 0.05) is 12.7 Å². The Labute approximate surface area is 101 Å². The monoisotopic (exact) mass is 260 g/mol. The van der Waals surface area contributed by atoms with E-state index in [1.807, 2.05) is 0 Å². The summed E-state index contributed by atoms with van der Waals surface area (Å²) in [7, 11) is 1.21. The van der Waals surface area contributed by atoms with E-state index in [1.54, 1.807) is 0 Å². The molecule has 18 heavy (non-hydrogen) atoms. The maximum absolute atomic E-state index is 12.6. The van der Waals surface area contributed by atoms with Crippen LogP contribution in [0.15, 0.2) is 23.4 Å². The standard InChI is InChI=1S/C10H11F3N4O/c1-6-7(10(11,12)13)4-3-5-8(6)15-9(18)17(2)16-14/h3-5,14H,1-2H3,(H,15,18). The number of halogens is 3. The van der Waals surface area contributed by atoms with Crippen LogP contribution in [-0.2, 0) is 6.18 Å². The summed E-state index contributed by atoms with van der Waals surface area (Å²) in [5, 5.41) is 5.75. The molecular weight excluding hydrogens is 249 g/mol. The second-order valence-electron chi connectivity index (χ2n) is 3.53. The van der Waals surface area contributed by atoms with E-state index in [2.05, 4.69) is 10.5 Å². The van der Waals surface area contributed by atoms with E-state index in [0.717, 1.165) is 6.07 Å². The quantitative estimate of drug-likeness (QED) is 0.620. The van der Waals surface area contributed by atoms with Gasteiger partial charge >= 0.3 is 12.2 Å². The molecule has 8 heteroatoms. The Bertz CT molecular complexity index is 473. The van der Waals surface area contributed by atoms with E-state index in [0.29, 0.717) is 5.01 Å². The van der Waals surface area contributed by atoms with Crippen molar-refractivity contribution in [2.24, 2.45) is 5.22 Å². The largest absolute Gasteiger partial charge is 0.416 e. The van der Waals surface area contributed by atoms with Crippen LogP contribution in [-0.4, -0.2) is 18.1 Å². The number of anilines is 1. The summed E-state index contributed by atoms with van der Waals surface area (Å²) >= 11 is 0. The Hall–Kier alpha value is -2.12. The molecule has 0 aromatic heterocycles. The number of rotatable bonds is 2. The maximum atomic E-state index is 12.6. The lowest BCUT2D eigenvalue weighted by atomic mass is 10.1. The summed E-state index contributed by atoms with van der Waals surface area (Å²) in [6.45, 7) is 1.26. The van der Waals surface area contributed by atoms with Crippen LogP contribution in [0.2, 0.25) is 0 Å². The molecule has 1 rings (SSSR count). The van der Waals surface area contributed by atoms with E-state index in [-0.39, 0.29) is 11.3 Å². The minimum Gasteiger partial charge on any atom is -0.306 e. The first-order valence-electron chi connectivity index (χ1n) is 4.86. The first kappa shape index (κ1) is 13.9. The molecule has 0 spiro atoms. The average molecular weight is 260 g/mol. The zero-order valence-corrected chi connectivity index (χ0v) is 9.67. The Morgan fingerprint density at radius 2 is 2.06 bits per heavy atom. The van der Waals surface area contributed by atoms with E-state index < -0.39 is 17.8 Å². The van der Waals surface area contributed by atoms with Gasteiger partial charge in [-0.3, -0.25) is 0 Å². The van der Waals surface area contributed by atoms with Gasteiger partial charge in [0.1, 0.15) is 0 Å². The molecule has 98 valence electrons. The lowest BCUT2D eigenvalue weighted by molar-refractivity contribution is -0.138. The van der Waals surface area contributed by atoms with Gasteiger partial charge in [0.2, 0.25) is 0 Å². The molecule has 0 aliphatic rings. The molecule has 0 radical (unpaired) electrons. The number of alkyl halides is 3. The second kappa shape index (κ2) is 5.03. The summed E-state index contributed by atoms with van der Waals surface area (Å²) in [6, 6.07) is 2.69. The number of carbonyl (C=O) groups is 1. The van der Waals surface area contributed by atoms with Crippen molar-refractivity contribution in [1.29, 1.82) is 5.53 Å². The van der Waals surface area contributed by atoms with E-state index >= 15 is 0 Å². The van der Waals surface area contributed by atoms with Crippen LogP contribution in [0.3, 0.4) is 0 Å². The molecule has 1 aromatic rings. The minimum absolute atomic E-state index is 0.0327. The normalized spacial score (nSPS) is 10.9. The molecule has 2 amide bonds. The molecule has 0 unspecified atom stereocenters. The van der Waals surface area contributed by atoms with Gasteiger partial charge in [0.05, 0.1) is 5.56 Å². The van der Waals surface area contributed by atoms with Gasteiger partial charge in [-0.2, -0.15) is 23.7 Å². The molecule has 1 aromatic carbocycles. The highest BCUT2D eigenvalue weighted by molar-refractivity contribution is 5.89. The van der Waals surface area contributed by atoms with Gasteiger partial charge in [-0.1, -0.05) is 11.3 Å². The SMILES string of the molecule is Cc1c(NC(=O)N(C)N=N)cccc1C(F)(F)F. The van der Waals surface area contributed by atoms with E-state index in [4.69, 9.17) is 5.53 Å². The minimum atomic E-state index is -4.48. The smallest absolute Gasteiger partial charge is 0.306 e. The van der Waals surface area contributed by atoms with E-state index in [1.165, 1.54) is 26.1 Å². The van der Waals surface area contributed by atoms with Crippen LogP contribution in [0.4, 0.5) is 23.7 Å². The van der Waals surface area contributed by atoms with Crippen molar-refractivity contribution >= 4 is 11.7 Å². The Balaban J connectivity index is 3.05. The number of hydrogen-bond donors (Lipinski definition) is 2. The maximum Gasteiger partial charge on any atom is 0.416 e. The third-order valence-electron chi connectivity index (χ3n) is 2.32. The fraction of sp³-hybridized carbons (Fsp3) is 0.300. The summed E-state index contributed by atoms with van der Waals surface area (Å²) in [5.74, 6) is 0. The van der Waals surface area contributed by atoms with Crippen molar-refractivity contribution in [2.45, 2.75) is 13.1 Å². The highest BCUT2D eigenvalue weighted by Gasteiger charge is 2.33. The van der Waals surface area contributed by atoms with Crippen LogP contribution in [0.25, 0.3) is 0 Å². The number of hydrogen-bond acceptors (Lipinski definition) is 3. The number of nitrogens with zero attached hydrogens (tertiary/aromatic N) is 2. The predicted octanol–water partition coefficient (Wildman–Crippen LogP) is 3.42. The van der Waals surface area contributed by atoms with Crippen molar-refractivity contribution in [3.05, 3.63) is 29.3 Å². The van der Waals surface area contributed by atoms with Crippen molar-refractivity contribution < 1.29 is 18.0 Å². The predicted molar refractivity (Wildman–Crippen MR) is 58.1 cm³/mol. The number of nitrogens with one attached hydrogen (secondary N) is 2. The average Bonchev–Trinajstić information content (AvgIpc) is 2.29. The zero-order valence-electron chi connectivity index (χ0n) is 9.67. The lowest BCUT2D eigenvalue weighted by Crippen LogP contribution is -2.26. The third-order valence-corrected chi connectivity index (χ3v) is 2.32. The van der Waals surface area contributed by atoms with Crippen molar-refractivity contribution in [1.82, 2.24) is 5.01 Å². The van der Waals surface area contributed by atoms with Gasteiger partial charge in [0.15, 0.2) is 0 Å². The molecule has 5 nitrogen and oxygen atoms in total. The van der Waals surface area contributed by atoms with Crippen LogP contribution >= 0.6 is 0 Å². The summed E-state index contributed by atoms with van der Waals surface area (Å²) in [6.07, 6.45) is -4.48. The van der Waals surface area contributed by atoms with Crippen LogP contribution in [0.1, 0.15) is 11.1 Å². The second-order valence-corrected chi connectivity index (χ2v) is 3.53. The highest BCUT2D eigenvalue weighted by atomic mass is 19.4. The highest BCUT2D eigenvalue weighted by Crippen LogP contribution is 2.34. The number of benzene rings is 1. The van der Waals surface area contributed by atoms with Crippen LogP contribution in [0, 0.1) is 12.5 Å². The van der Waals surface area contributed by atoms with Gasteiger partial charge in [-0.15, -0.1) is 0 Å². The molecule has 0 saturated heterocycles. The van der Waals surface area contributed by atoms with Crippen LogP contribution in [0.5, 0.6) is 0 Å². The molecule has 0 atom stereocenters. The van der Waals surface area contributed by atoms with Crippen molar-refractivity contribution in [3.8, 4) is 0 Å². The van der Waals surface area contributed by atoms with Crippen molar-refractivity contribution in [2.75, 3.05) is 12.4 Å². The Morgan fingerprint density at radius 1 is 1.44 bits per heavy atom. The number of urea groups is 1. The molecule has 0 aliphatic heterocycles. The van der Waals surface area contributed by atoms with Crippen LogP contribution < -0.4 is 5.32 Å². The van der Waals surface area contributed by atoms with E-state index in [9.17, 15) is 18.0 Å². The van der Waals surface area contributed by atoms with Gasteiger partial charge in [-0.05, 0) is 24.6 Å². The lowest BCUT2D eigenvalue weighted by Gasteiger charge is -2.16. The molecule has 0 heterocycles. The summed E-state index contributed by atoms with van der Waals surface area (Å²) < 4.78 is 37.9. The fourth-order valence-electron chi connectivity index (χ4n) is 1.32. The third kappa shape index (κ3) is 2.96. The molecular formula is C10H11F3N4O. The van der Waals surface area contributed by atoms with Crippen molar-refractivity contribution in [3.63, 3.8) is 0 Å². The molecule has 0 aliphatic carbocycles. The van der Waals surface area contributed by atoms with Gasteiger partial charge in [-0.25, -0.2) is 4.79 Å². The van der Waals surface area contributed by atoms with Gasteiger partial charge < -0.3 is 5.32 Å². The zero-order chi connectivity index (χ0) is 13.9. The molecule has 0 saturated carbocycles. The molecule has 0 bridgehead atoms. The first-order chi connectivity index (χ1) is 8.27. The number of amides is 2. The Morgan fingerprint density at radius 3 is 2.56 bits per heavy atom. The molecule has 2 N–H and O–H groups in total. The molecule has 0 fully saturated rings. The topological polar surface area (TPSA) is 68.6 Å². The fourth-order valence-corrected chi connectivity index (χ4v) is 1.32. The Kier molecular flexibility index (Phi) is 3.89. The first-order valence-corrected chi connectivity index (χ1v) is 4.86. The summed E-state index contributed by atoms with van der Waals surface area (Å²) in [4.78, 5) is 11.4. The number of carbonyl (C=O) groups excluding carboxylic acids is 1. The van der Waals surface area contributed by atoms with Gasteiger partial charge in [0.25, 0.3) is 0 Å². The summed E-state index contributed by atoms with van der Waals surface area (Å²) in [5.41, 5.74) is 5.74.